The molecular weight excluding hydrogens is 216 g/mol. The largest absolute Gasteiger partial charge is 0.508 e. The minimum atomic E-state index is -0.117. The number of carbonyl (C=O) groups is 1. The van der Waals surface area contributed by atoms with E-state index in [1.54, 1.807) is 12.1 Å². The van der Waals surface area contributed by atoms with E-state index >= 15 is 0 Å². The Morgan fingerprint density at radius 2 is 2.35 bits per heavy atom. The standard InChI is InChI=1S/C13H18N2O2/c1-9-4-5-10(7-12(9)16)13(17)15-11-3-2-6-14-8-11/h4-5,7,11,14,16H,2-3,6,8H2,1H3,(H,15,17)/t11-/m0/s1. The number of aromatic hydroxyl groups is 1. The molecule has 1 amide bonds. The molecule has 0 unspecified atom stereocenters. The number of carbonyl (C=O) groups excluding carboxylic acids is 1. The third-order valence-corrected chi connectivity index (χ3v) is 3.10. The number of rotatable bonds is 2. The fraction of sp³-hybridized carbons (Fsp3) is 0.462. The first-order valence-corrected chi connectivity index (χ1v) is 5.98. The minimum Gasteiger partial charge on any atom is -0.508 e. The van der Waals surface area contributed by atoms with Gasteiger partial charge in [0.25, 0.3) is 5.91 Å². The second-order valence-electron chi connectivity index (χ2n) is 4.52. The Morgan fingerprint density at radius 3 is 3.00 bits per heavy atom. The maximum Gasteiger partial charge on any atom is 0.251 e. The highest BCUT2D eigenvalue weighted by molar-refractivity contribution is 5.94. The molecule has 4 nitrogen and oxygen atoms in total. The Morgan fingerprint density at radius 1 is 1.53 bits per heavy atom. The number of phenols is 1. The molecule has 0 radical (unpaired) electrons. The van der Waals surface area contributed by atoms with Crippen LogP contribution in [0.5, 0.6) is 5.75 Å². The molecule has 17 heavy (non-hydrogen) atoms. The van der Waals surface area contributed by atoms with Gasteiger partial charge in [-0.3, -0.25) is 4.79 Å². The lowest BCUT2D eigenvalue weighted by molar-refractivity contribution is 0.0930. The number of piperidine rings is 1. The molecule has 1 aromatic rings. The third kappa shape index (κ3) is 2.97. The van der Waals surface area contributed by atoms with E-state index in [1.807, 2.05) is 6.92 Å². The number of nitrogens with one attached hydrogen (secondary N) is 2. The normalized spacial score (nSPS) is 19.9. The van der Waals surface area contributed by atoms with Crippen molar-refractivity contribution in [2.24, 2.45) is 0 Å². The van der Waals surface area contributed by atoms with Gasteiger partial charge in [0.15, 0.2) is 0 Å². The van der Waals surface area contributed by atoms with Gasteiger partial charge < -0.3 is 15.7 Å². The Hall–Kier alpha value is -1.55. The van der Waals surface area contributed by atoms with Gasteiger partial charge in [-0.1, -0.05) is 6.07 Å². The van der Waals surface area contributed by atoms with Crippen LogP contribution in [0.4, 0.5) is 0 Å². The average molecular weight is 234 g/mol. The summed E-state index contributed by atoms with van der Waals surface area (Å²) in [5, 5.41) is 15.8. The van der Waals surface area contributed by atoms with Crippen LogP contribution in [0.3, 0.4) is 0 Å². The molecular formula is C13H18N2O2. The SMILES string of the molecule is Cc1ccc(C(=O)N[C@H]2CCCNC2)cc1O. The Bertz CT molecular complexity index is 412. The van der Waals surface area contributed by atoms with Crippen LogP contribution in [0.15, 0.2) is 18.2 Å². The number of hydrogen-bond donors (Lipinski definition) is 3. The summed E-state index contributed by atoms with van der Waals surface area (Å²) < 4.78 is 0. The number of benzene rings is 1. The summed E-state index contributed by atoms with van der Waals surface area (Å²) >= 11 is 0. The minimum absolute atomic E-state index is 0.117. The molecule has 1 atom stereocenters. The molecule has 3 N–H and O–H groups in total. The zero-order valence-electron chi connectivity index (χ0n) is 9.99. The van der Waals surface area contributed by atoms with E-state index in [0.717, 1.165) is 31.5 Å². The van der Waals surface area contributed by atoms with E-state index in [4.69, 9.17) is 0 Å². The summed E-state index contributed by atoms with van der Waals surface area (Å²) in [6, 6.07) is 5.20. The van der Waals surface area contributed by atoms with Gasteiger partial charge in [-0.2, -0.15) is 0 Å². The molecule has 1 heterocycles. The Labute approximate surface area is 101 Å². The fourth-order valence-corrected chi connectivity index (χ4v) is 1.99. The average Bonchev–Trinajstić information content (AvgIpc) is 2.34. The van der Waals surface area contributed by atoms with Crippen LogP contribution < -0.4 is 10.6 Å². The first kappa shape index (κ1) is 11.9. The van der Waals surface area contributed by atoms with Crippen LogP contribution in [-0.2, 0) is 0 Å². The molecule has 92 valence electrons. The monoisotopic (exact) mass is 234 g/mol. The van der Waals surface area contributed by atoms with Crippen molar-refractivity contribution < 1.29 is 9.90 Å². The predicted octanol–water partition coefficient (Wildman–Crippen LogP) is 1.18. The number of hydrogen-bond acceptors (Lipinski definition) is 3. The summed E-state index contributed by atoms with van der Waals surface area (Å²) in [5.41, 5.74) is 1.29. The molecule has 1 aliphatic rings. The molecule has 1 aromatic carbocycles. The highest BCUT2D eigenvalue weighted by atomic mass is 16.3. The summed E-state index contributed by atoms with van der Waals surface area (Å²) in [5.74, 6) is 0.0495. The molecule has 1 fully saturated rings. The zero-order chi connectivity index (χ0) is 12.3. The van der Waals surface area contributed by atoms with Gasteiger partial charge in [0.1, 0.15) is 5.75 Å². The molecule has 1 saturated heterocycles. The van der Waals surface area contributed by atoms with Crippen molar-refractivity contribution in [2.75, 3.05) is 13.1 Å². The van der Waals surface area contributed by atoms with Gasteiger partial charge in [0, 0.05) is 18.2 Å². The molecule has 0 aromatic heterocycles. The van der Waals surface area contributed by atoms with Crippen LogP contribution in [0.25, 0.3) is 0 Å². The lowest BCUT2D eigenvalue weighted by Gasteiger charge is -2.23. The smallest absolute Gasteiger partial charge is 0.251 e. The Kier molecular flexibility index (Phi) is 3.64. The van der Waals surface area contributed by atoms with Crippen LogP contribution in [-0.4, -0.2) is 30.1 Å². The summed E-state index contributed by atoms with van der Waals surface area (Å²) in [6.07, 6.45) is 2.10. The van der Waals surface area contributed by atoms with Gasteiger partial charge in [-0.25, -0.2) is 0 Å². The van der Waals surface area contributed by atoms with E-state index in [1.165, 1.54) is 6.07 Å². The van der Waals surface area contributed by atoms with Crippen molar-refractivity contribution in [2.45, 2.75) is 25.8 Å². The molecule has 0 bridgehead atoms. The van der Waals surface area contributed by atoms with Crippen LogP contribution >= 0.6 is 0 Å². The highest BCUT2D eigenvalue weighted by Gasteiger charge is 2.16. The molecule has 0 spiro atoms. The number of amides is 1. The zero-order valence-corrected chi connectivity index (χ0v) is 9.99. The van der Waals surface area contributed by atoms with E-state index in [2.05, 4.69) is 10.6 Å². The first-order chi connectivity index (χ1) is 8.16. The molecule has 0 aliphatic carbocycles. The van der Waals surface area contributed by atoms with Gasteiger partial charge in [0.05, 0.1) is 0 Å². The van der Waals surface area contributed by atoms with Gasteiger partial charge in [0.2, 0.25) is 0 Å². The molecule has 1 aliphatic heterocycles. The van der Waals surface area contributed by atoms with E-state index in [0.29, 0.717) is 5.56 Å². The summed E-state index contributed by atoms with van der Waals surface area (Å²) in [7, 11) is 0. The third-order valence-electron chi connectivity index (χ3n) is 3.10. The van der Waals surface area contributed by atoms with Crippen LogP contribution in [0.2, 0.25) is 0 Å². The van der Waals surface area contributed by atoms with Crippen molar-refractivity contribution in [3.05, 3.63) is 29.3 Å². The maximum absolute atomic E-state index is 11.9. The van der Waals surface area contributed by atoms with Gasteiger partial charge in [-0.15, -0.1) is 0 Å². The molecule has 4 heteroatoms. The van der Waals surface area contributed by atoms with Crippen LogP contribution in [0, 0.1) is 6.92 Å². The number of aryl methyl sites for hydroxylation is 1. The summed E-state index contributed by atoms with van der Waals surface area (Å²) in [4.78, 5) is 11.9. The van der Waals surface area contributed by atoms with E-state index in [-0.39, 0.29) is 17.7 Å². The van der Waals surface area contributed by atoms with Crippen molar-refractivity contribution in [3.8, 4) is 5.75 Å². The first-order valence-electron chi connectivity index (χ1n) is 5.98. The second kappa shape index (κ2) is 5.19. The quantitative estimate of drug-likeness (QED) is 0.720. The van der Waals surface area contributed by atoms with Crippen molar-refractivity contribution >= 4 is 5.91 Å². The number of phenolic OH excluding ortho intramolecular Hbond substituents is 1. The maximum atomic E-state index is 11.9. The summed E-state index contributed by atoms with van der Waals surface area (Å²) in [6.45, 7) is 3.66. The topological polar surface area (TPSA) is 61.4 Å². The van der Waals surface area contributed by atoms with Crippen LogP contribution in [0.1, 0.15) is 28.8 Å². The van der Waals surface area contributed by atoms with Gasteiger partial charge >= 0.3 is 0 Å². The van der Waals surface area contributed by atoms with E-state index in [9.17, 15) is 9.90 Å². The van der Waals surface area contributed by atoms with Crippen molar-refractivity contribution in [3.63, 3.8) is 0 Å². The lowest BCUT2D eigenvalue weighted by atomic mass is 10.1. The molecule has 0 saturated carbocycles. The fourth-order valence-electron chi connectivity index (χ4n) is 1.99. The van der Waals surface area contributed by atoms with E-state index < -0.39 is 0 Å². The Balaban J connectivity index is 2.01. The van der Waals surface area contributed by atoms with Crippen molar-refractivity contribution in [1.29, 1.82) is 0 Å². The highest BCUT2D eigenvalue weighted by Crippen LogP contribution is 2.17. The molecule has 2 rings (SSSR count). The second-order valence-corrected chi connectivity index (χ2v) is 4.52. The van der Waals surface area contributed by atoms with Crippen molar-refractivity contribution in [1.82, 2.24) is 10.6 Å². The lowest BCUT2D eigenvalue weighted by Crippen LogP contribution is -2.45. The van der Waals surface area contributed by atoms with Gasteiger partial charge in [-0.05, 0) is 44.0 Å². The predicted molar refractivity (Wildman–Crippen MR) is 66.2 cm³/mol.